The molecule has 0 aliphatic carbocycles. The third kappa shape index (κ3) is 216. The van der Waals surface area contributed by atoms with Crippen LogP contribution in [0.4, 0.5) is 0 Å². The molecule has 2 N–H and O–H groups in total. The lowest BCUT2D eigenvalue weighted by Crippen LogP contribution is -1.97. The number of nitrogens with two attached hydrogens (primary N) is 1. The molecule has 0 saturated heterocycles. The lowest BCUT2D eigenvalue weighted by molar-refractivity contribution is 0.623. The molecule has 0 aromatic heterocycles. The molecule has 0 aliphatic heterocycles. The van der Waals surface area contributed by atoms with E-state index in [0.29, 0.717) is 0 Å². The van der Waals surface area contributed by atoms with Gasteiger partial charge in [-0.25, -0.2) is 0 Å². The van der Waals surface area contributed by atoms with Crippen molar-refractivity contribution in [1.82, 2.24) is 0 Å². The Morgan fingerprint density at radius 3 is 1.17 bits per heavy atom. The van der Waals surface area contributed by atoms with E-state index in [0.717, 1.165) is 6.54 Å². The van der Waals surface area contributed by atoms with Gasteiger partial charge in [-0.05, 0) is 32.7 Å². The fraction of sp³-hybridized carbons (Fsp3) is 0.826. The van der Waals surface area contributed by atoms with Crippen LogP contribution in [0.2, 0.25) is 0 Å². The smallest absolute Gasteiger partial charge is 0.00773 e. The van der Waals surface area contributed by atoms with Crippen LogP contribution in [-0.4, -0.2) is 6.54 Å². The molecule has 0 rings (SSSR count). The van der Waals surface area contributed by atoms with Crippen molar-refractivity contribution in [3.05, 3.63) is 25.3 Å². The van der Waals surface area contributed by atoms with Crippen LogP contribution in [0.3, 0.4) is 0 Å². The quantitative estimate of drug-likeness (QED) is 0.361. The Labute approximate surface area is 158 Å². The van der Waals surface area contributed by atoms with Gasteiger partial charge in [0.1, 0.15) is 0 Å². The van der Waals surface area contributed by atoms with Crippen LogP contribution in [0.5, 0.6) is 0 Å². The SMILES string of the molecule is C=CC.C=CCCCCCCCN.CC.CCC.CCC.CCC. The molecular formula is C23H55N. The summed E-state index contributed by atoms with van der Waals surface area (Å²) in [5.41, 5.74) is 5.35. The molecule has 0 bridgehead atoms. The Hall–Kier alpha value is -0.560. The molecule has 0 saturated carbocycles. The molecule has 0 atom stereocenters. The van der Waals surface area contributed by atoms with Crippen molar-refractivity contribution in [2.24, 2.45) is 5.73 Å². The highest BCUT2D eigenvalue weighted by atomic mass is 14.5. The van der Waals surface area contributed by atoms with Crippen molar-refractivity contribution in [3.8, 4) is 0 Å². The third-order valence-electron chi connectivity index (χ3n) is 1.61. The third-order valence-corrected chi connectivity index (χ3v) is 1.61. The summed E-state index contributed by atoms with van der Waals surface area (Å²) in [5.74, 6) is 0. The first-order valence-electron chi connectivity index (χ1n) is 10.5. The first-order chi connectivity index (χ1) is 11.6. The largest absolute Gasteiger partial charge is 0.330 e. The van der Waals surface area contributed by atoms with Crippen LogP contribution in [0.25, 0.3) is 0 Å². The van der Waals surface area contributed by atoms with Crippen molar-refractivity contribution in [2.45, 2.75) is 120 Å². The van der Waals surface area contributed by atoms with Crippen LogP contribution < -0.4 is 5.73 Å². The van der Waals surface area contributed by atoms with E-state index in [-0.39, 0.29) is 0 Å². The van der Waals surface area contributed by atoms with E-state index in [1.54, 1.807) is 6.08 Å². The fourth-order valence-corrected chi connectivity index (χ4v) is 0.963. The van der Waals surface area contributed by atoms with Gasteiger partial charge in [0.2, 0.25) is 0 Å². The number of rotatable bonds is 7. The van der Waals surface area contributed by atoms with Crippen molar-refractivity contribution in [2.75, 3.05) is 6.54 Å². The molecule has 0 amide bonds. The summed E-state index contributed by atoms with van der Waals surface area (Å²) in [4.78, 5) is 0. The van der Waals surface area contributed by atoms with Gasteiger partial charge in [-0.1, -0.05) is 106 Å². The molecule has 24 heavy (non-hydrogen) atoms. The van der Waals surface area contributed by atoms with E-state index in [9.17, 15) is 0 Å². The van der Waals surface area contributed by atoms with E-state index in [4.69, 9.17) is 5.73 Å². The van der Waals surface area contributed by atoms with Crippen molar-refractivity contribution >= 4 is 0 Å². The maximum atomic E-state index is 5.35. The Morgan fingerprint density at radius 1 is 0.667 bits per heavy atom. The van der Waals surface area contributed by atoms with Crippen LogP contribution >= 0.6 is 0 Å². The van der Waals surface area contributed by atoms with Gasteiger partial charge in [-0.15, -0.1) is 13.2 Å². The summed E-state index contributed by atoms with van der Waals surface area (Å²) >= 11 is 0. The number of hydrogen-bond acceptors (Lipinski definition) is 1. The maximum Gasteiger partial charge on any atom is -0.00773 e. The maximum absolute atomic E-state index is 5.35. The first-order valence-corrected chi connectivity index (χ1v) is 10.5. The molecule has 1 heteroatoms. The van der Waals surface area contributed by atoms with E-state index in [1.807, 2.05) is 26.8 Å². The van der Waals surface area contributed by atoms with Gasteiger partial charge in [0, 0.05) is 0 Å². The second kappa shape index (κ2) is 78.8. The Balaban J connectivity index is -0.0000000481. The molecular weight excluding hydrogens is 290 g/mol. The van der Waals surface area contributed by atoms with Gasteiger partial charge in [-0.2, -0.15) is 0 Å². The highest BCUT2D eigenvalue weighted by Gasteiger charge is 1.86. The standard InChI is InChI=1S/C9H19N.3C3H8.C3H6.C2H6/c1-2-3-4-5-6-7-8-9-10;4*1-3-2;1-2/h2H,1,3-10H2;3*3H2,1-2H3;3H,1H2,2H3;1-2H3. The average molecular weight is 346 g/mol. The second-order valence-corrected chi connectivity index (χ2v) is 5.16. The Morgan fingerprint density at radius 2 is 0.917 bits per heavy atom. The van der Waals surface area contributed by atoms with Gasteiger partial charge >= 0.3 is 0 Å². The summed E-state index contributed by atoms with van der Waals surface area (Å²) in [6, 6.07) is 0. The lowest BCUT2D eigenvalue weighted by Gasteiger charge is -1.96. The topological polar surface area (TPSA) is 26.0 Å². The number of hydrogen-bond donors (Lipinski definition) is 1. The number of unbranched alkanes of at least 4 members (excludes halogenated alkanes) is 5. The normalized spacial score (nSPS) is 7.08. The molecule has 0 aromatic rings. The summed E-state index contributed by atoms with van der Waals surface area (Å²) < 4.78 is 0. The molecule has 152 valence electrons. The van der Waals surface area contributed by atoms with Gasteiger partial charge in [-0.3, -0.25) is 0 Å². The highest BCUT2D eigenvalue weighted by molar-refractivity contribution is 4.65. The van der Waals surface area contributed by atoms with E-state index < -0.39 is 0 Å². The zero-order valence-corrected chi connectivity index (χ0v) is 19.2. The molecule has 0 heterocycles. The van der Waals surface area contributed by atoms with Gasteiger partial charge in [0.05, 0.1) is 0 Å². The zero-order valence-electron chi connectivity index (χ0n) is 19.2. The van der Waals surface area contributed by atoms with Gasteiger partial charge in [0.15, 0.2) is 0 Å². The van der Waals surface area contributed by atoms with Crippen LogP contribution in [0.1, 0.15) is 120 Å². The van der Waals surface area contributed by atoms with Crippen LogP contribution in [-0.2, 0) is 0 Å². The molecule has 0 fully saturated rings. The fourth-order valence-electron chi connectivity index (χ4n) is 0.963. The first kappa shape index (κ1) is 38.8. The Kier molecular flexibility index (Phi) is 127. The van der Waals surface area contributed by atoms with Crippen LogP contribution in [0, 0.1) is 0 Å². The molecule has 0 spiro atoms. The summed E-state index contributed by atoms with van der Waals surface area (Å²) in [7, 11) is 0. The van der Waals surface area contributed by atoms with Crippen LogP contribution in [0.15, 0.2) is 25.3 Å². The molecule has 0 radical (unpaired) electrons. The van der Waals surface area contributed by atoms with Crippen molar-refractivity contribution < 1.29 is 0 Å². The minimum atomic E-state index is 0.849. The zero-order chi connectivity index (χ0) is 20.5. The van der Waals surface area contributed by atoms with Crippen molar-refractivity contribution in [1.29, 1.82) is 0 Å². The lowest BCUT2D eigenvalue weighted by atomic mass is 10.1. The average Bonchev–Trinajstić information content (AvgIpc) is 2.56. The molecule has 0 unspecified atom stereocenters. The van der Waals surface area contributed by atoms with Crippen molar-refractivity contribution in [3.63, 3.8) is 0 Å². The summed E-state index contributed by atoms with van der Waals surface area (Å²) in [6.07, 6.45) is 15.1. The molecule has 0 aliphatic rings. The monoisotopic (exact) mass is 345 g/mol. The van der Waals surface area contributed by atoms with E-state index >= 15 is 0 Å². The predicted octanol–water partition coefficient (Wildman–Crippen LogP) is 8.94. The Bertz CT molecular complexity index is 125. The predicted molar refractivity (Wildman–Crippen MR) is 122 cm³/mol. The second-order valence-electron chi connectivity index (χ2n) is 5.16. The summed E-state index contributed by atoms with van der Waals surface area (Å²) in [6.45, 7) is 26.5. The highest BCUT2D eigenvalue weighted by Crippen LogP contribution is 2.04. The van der Waals surface area contributed by atoms with E-state index in [1.165, 1.54) is 57.8 Å². The minimum absolute atomic E-state index is 0.849. The van der Waals surface area contributed by atoms with Gasteiger partial charge < -0.3 is 5.73 Å². The van der Waals surface area contributed by atoms with Gasteiger partial charge in [0.25, 0.3) is 0 Å². The minimum Gasteiger partial charge on any atom is -0.330 e. The molecule has 0 aromatic carbocycles. The summed E-state index contributed by atoms with van der Waals surface area (Å²) in [5, 5.41) is 0. The van der Waals surface area contributed by atoms with E-state index in [2.05, 4.69) is 54.7 Å². The number of allylic oxidation sites excluding steroid dienone is 2. The molecule has 1 nitrogen and oxygen atoms in total.